The topological polar surface area (TPSA) is 114 Å². The minimum absolute atomic E-state index is 0.0195. The van der Waals surface area contributed by atoms with Gasteiger partial charge in [0.2, 0.25) is 5.91 Å². The molecule has 0 aromatic heterocycles. The Morgan fingerprint density at radius 1 is 1.03 bits per heavy atom. The van der Waals surface area contributed by atoms with Gasteiger partial charge in [-0.05, 0) is 40.5 Å². The molecule has 3 N–H and O–H groups in total. The van der Waals surface area contributed by atoms with Gasteiger partial charge in [0.25, 0.3) is 0 Å². The highest BCUT2D eigenvalue weighted by atomic mass is 16.5. The normalized spacial score (nSPS) is 20.0. The van der Waals surface area contributed by atoms with Gasteiger partial charge in [-0.1, -0.05) is 69.3 Å². The molecule has 35 heavy (non-hydrogen) atoms. The molecule has 2 aromatic carbocycles. The Labute approximate surface area is 205 Å². The lowest BCUT2D eigenvalue weighted by Crippen LogP contribution is -2.52. The maximum Gasteiger partial charge on any atom is 0.407 e. The largest absolute Gasteiger partial charge is 0.480 e. The number of amides is 2. The molecule has 1 fully saturated rings. The zero-order valence-electron chi connectivity index (χ0n) is 20.2. The second kappa shape index (κ2) is 10.1. The van der Waals surface area contributed by atoms with Gasteiger partial charge in [-0.3, -0.25) is 4.79 Å². The van der Waals surface area contributed by atoms with E-state index in [9.17, 15) is 19.5 Å². The Morgan fingerprint density at radius 3 is 2.20 bits per heavy atom. The van der Waals surface area contributed by atoms with Crippen molar-refractivity contribution >= 4 is 18.0 Å². The molecule has 186 valence electrons. The number of fused-ring (bicyclic) bond motifs is 3. The maximum atomic E-state index is 12.5. The lowest BCUT2D eigenvalue weighted by atomic mass is 9.86. The Hall–Kier alpha value is -3.39. The van der Waals surface area contributed by atoms with Gasteiger partial charge >= 0.3 is 12.1 Å². The minimum Gasteiger partial charge on any atom is -0.480 e. The second-order valence-electron chi connectivity index (χ2n) is 10.2. The number of ether oxygens (including phenoxy) is 2. The van der Waals surface area contributed by atoms with E-state index in [2.05, 4.69) is 34.9 Å². The number of carbonyl (C=O) groups excluding carboxylic acids is 2. The number of hydrogen-bond acceptors (Lipinski definition) is 5. The van der Waals surface area contributed by atoms with Crippen LogP contribution in [0.5, 0.6) is 0 Å². The van der Waals surface area contributed by atoms with E-state index in [0.29, 0.717) is 12.8 Å². The molecule has 1 aliphatic carbocycles. The fraction of sp³-hybridized carbons (Fsp3) is 0.444. The summed E-state index contributed by atoms with van der Waals surface area (Å²) in [6.07, 6.45) is -0.589. The third kappa shape index (κ3) is 5.48. The molecule has 0 bridgehead atoms. The highest BCUT2D eigenvalue weighted by Crippen LogP contribution is 2.44. The summed E-state index contributed by atoms with van der Waals surface area (Å²) in [5, 5.41) is 14.7. The fourth-order valence-corrected chi connectivity index (χ4v) is 4.78. The molecule has 3 atom stereocenters. The summed E-state index contributed by atoms with van der Waals surface area (Å²) in [4.78, 5) is 36.4. The number of rotatable bonds is 7. The van der Waals surface area contributed by atoms with Gasteiger partial charge in [0, 0.05) is 12.5 Å². The Morgan fingerprint density at radius 2 is 1.63 bits per heavy atom. The highest BCUT2D eigenvalue weighted by Gasteiger charge is 2.37. The SMILES string of the molecule is CC(C)(C)[C@@H](NC(=O)C1CCC(CNC(=O)OCC2c3ccccc3-c3ccccc32)O1)C(=O)O. The Kier molecular flexibility index (Phi) is 7.12. The molecular weight excluding hydrogens is 448 g/mol. The number of nitrogens with one attached hydrogen (secondary N) is 2. The maximum absolute atomic E-state index is 12.5. The van der Waals surface area contributed by atoms with Crippen LogP contribution in [0.15, 0.2) is 48.5 Å². The number of carboxylic acids is 1. The van der Waals surface area contributed by atoms with Crippen molar-refractivity contribution < 1.29 is 29.0 Å². The van der Waals surface area contributed by atoms with Crippen LogP contribution >= 0.6 is 0 Å². The van der Waals surface area contributed by atoms with Crippen molar-refractivity contribution in [1.29, 1.82) is 0 Å². The van der Waals surface area contributed by atoms with Crippen molar-refractivity contribution in [3.8, 4) is 11.1 Å². The van der Waals surface area contributed by atoms with E-state index in [1.54, 1.807) is 20.8 Å². The van der Waals surface area contributed by atoms with Gasteiger partial charge in [0.05, 0.1) is 6.10 Å². The average Bonchev–Trinajstić information content (AvgIpc) is 3.42. The summed E-state index contributed by atoms with van der Waals surface area (Å²) in [5.74, 6) is -1.55. The average molecular weight is 481 g/mol. The van der Waals surface area contributed by atoms with E-state index < -0.39 is 35.5 Å². The summed E-state index contributed by atoms with van der Waals surface area (Å²) < 4.78 is 11.3. The number of aliphatic carboxylic acids is 1. The minimum atomic E-state index is -1.09. The summed E-state index contributed by atoms with van der Waals surface area (Å²) in [6.45, 7) is 5.69. The first-order valence-corrected chi connectivity index (χ1v) is 11.9. The standard InChI is InChI=1S/C27H32N2O6/c1-27(2,3)23(25(31)32)29-24(30)22-13-12-16(35-22)14-28-26(33)34-15-21-19-10-6-4-8-17(19)18-9-5-7-11-20(18)21/h4-11,16,21-23H,12-15H2,1-3H3,(H,28,33)(H,29,30)(H,31,32)/t16?,22?,23-/m0/s1. The zero-order chi connectivity index (χ0) is 25.2. The van der Waals surface area contributed by atoms with Gasteiger partial charge in [0.15, 0.2) is 0 Å². The molecule has 1 aliphatic heterocycles. The van der Waals surface area contributed by atoms with Gasteiger partial charge < -0.3 is 25.2 Å². The quantitative estimate of drug-likeness (QED) is 0.557. The van der Waals surface area contributed by atoms with Crippen LogP contribution in [0.25, 0.3) is 11.1 Å². The summed E-state index contributed by atoms with van der Waals surface area (Å²) in [7, 11) is 0. The van der Waals surface area contributed by atoms with E-state index >= 15 is 0 Å². The number of hydrogen-bond donors (Lipinski definition) is 3. The van der Waals surface area contributed by atoms with Crippen LogP contribution in [-0.2, 0) is 19.1 Å². The van der Waals surface area contributed by atoms with Crippen LogP contribution in [0.3, 0.4) is 0 Å². The van der Waals surface area contributed by atoms with Crippen molar-refractivity contribution in [2.24, 2.45) is 5.41 Å². The third-order valence-corrected chi connectivity index (χ3v) is 6.62. The predicted octanol–water partition coefficient (Wildman–Crippen LogP) is 3.69. The molecule has 0 saturated carbocycles. The first-order chi connectivity index (χ1) is 16.6. The van der Waals surface area contributed by atoms with Crippen LogP contribution in [0.2, 0.25) is 0 Å². The van der Waals surface area contributed by atoms with Crippen LogP contribution in [0, 0.1) is 5.41 Å². The highest BCUT2D eigenvalue weighted by molar-refractivity contribution is 5.87. The molecule has 1 heterocycles. The van der Waals surface area contributed by atoms with E-state index in [0.717, 1.165) is 22.3 Å². The monoisotopic (exact) mass is 480 g/mol. The zero-order valence-corrected chi connectivity index (χ0v) is 20.2. The fourth-order valence-electron chi connectivity index (χ4n) is 4.78. The third-order valence-electron chi connectivity index (χ3n) is 6.62. The molecule has 4 rings (SSSR count). The number of carboxylic acid groups (broad SMARTS) is 1. The predicted molar refractivity (Wildman–Crippen MR) is 130 cm³/mol. The Balaban J connectivity index is 1.25. The lowest BCUT2D eigenvalue weighted by Gasteiger charge is -2.28. The van der Waals surface area contributed by atoms with Crippen LogP contribution < -0.4 is 10.6 Å². The van der Waals surface area contributed by atoms with E-state index in [-0.39, 0.29) is 25.2 Å². The van der Waals surface area contributed by atoms with E-state index in [1.807, 2.05) is 24.3 Å². The van der Waals surface area contributed by atoms with Crippen LogP contribution in [0.1, 0.15) is 50.7 Å². The molecule has 8 heteroatoms. The summed E-state index contributed by atoms with van der Waals surface area (Å²) in [6, 6.07) is 15.3. The van der Waals surface area contributed by atoms with Crippen LogP contribution in [-0.4, -0.2) is 54.5 Å². The number of alkyl carbamates (subject to hydrolysis) is 1. The molecule has 2 unspecified atom stereocenters. The van der Waals surface area contributed by atoms with Crippen molar-refractivity contribution in [3.63, 3.8) is 0 Å². The van der Waals surface area contributed by atoms with Gasteiger partial charge in [-0.25, -0.2) is 9.59 Å². The van der Waals surface area contributed by atoms with Crippen LogP contribution in [0.4, 0.5) is 4.79 Å². The molecule has 8 nitrogen and oxygen atoms in total. The summed E-state index contributed by atoms with van der Waals surface area (Å²) >= 11 is 0. The second-order valence-corrected chi connectivity index (χ2v) is 10.2. The smallest absolute Gasteiger partial charge is 0.407 e. The Bertz CT molecular complexity index is 1060. The summed E-state index contributed by atoms with van der Waals surface area (Å²) in [5.41, 5.74) is 3.98. The first kappa shape index (κ1) is 24.7. The molecule has 2 amide bonds. The van der Waals surface area contributed by atoms with E-state index in [1.165, 1.54) is 0 Å². The van der Waals surface area contributed by atoms with Gasteiger partial charge in [0.1, 0.15) is 18.8 Å². The van der Waals surface area contributed by atoms with Crippen molar-refractivity contribution in [2.45, 2.75) is 57.8 Å². The molecule has 0 spiro atoms. The van der Waals surface area contributed by atoms with Crippen molar-refractivity contribution in [3.05, 3.63) is 59.7 Å². The number of carbonyl (C=O) groups is 3. The number of benzene rings is 2. The molecule has 2 aliphatic rings. The molecular formula is C27H32N2O6. The molecule has 0 radical (unpaired) electrons. The van der Waals surface area contributed by atoms with Crippen molar-refractivity contribution in [1.82, 2.24) is 10.6 Å². The van der Waals surface area contributed by atoms with Gasteiger partial charge in [-0.2, -0.15) is 0 Å². The first-order valence-electron chi connectivity index (χ1n) is 11.9. The van der Waals surface area contributed by atoms with E-state index in [4.69, 9.17) is 9.47 Å². The van der Waals surface area contributed by atoms with Gasteiger partial charge in [-0.15, -0.1) is 0 Å². The van der Waals surface area contributed by atoms with Crippen molar-refractivity contribution in [2.75, 3.05) is 13.2 Å². The lowest BCUT2D eigenvalue weighted by molar-refractivity contribution is -0.147. The molecule has 1 saturated heterocycles. The molecule has 2 aromatic rings.